The van der Waals surface area contributed by atoms with Gasteiger partial charge in [0.1, 0.15) is 6.10 Å². The first kappa shape index (κ1) is 15.8. The van der Waals surface area contributed by atoms with Gasteiger partial charge in [-0.15, -0.1) is 0 Å². The van der Waals surface area contributed by atoms with Crippen LogP contribution in [-0.4, -0.2) is 50.4 Å². The summed E-state index contributed by atoms with van der Waals surface area (Å²) >= 11 is 0. The van der Waals surface area contributed by atoms with E-state index in [-0.39, 0.29) is 12.5 Å². The smallest absolute Gasteiger partial charge is 0.408 e. The third-order valence-corrected chi connectivity index (χ3v) is 4.77. The Morgan fingerprint density at radius 1 is 1.48 bits per heavy atom. The summed E-state index contributed by atoms with van der Waals surface area (Å²) in [4.78, 5) is 25.7. The highest BCUT2D eigenvalue weighted by Crippen LogP contribution is 2.27. The van der Waals surface area contributed by atoms with Crippen LogP contribution in [0.2, 0.25) is 0 Å². The largest absolute Gasteiger partial charge is 0.419 e. The summed E-state index contributed by atoms with van der Waals surface area (Å²) in [6.07, 6.45) is -0.186. The lowest BCUT2D eigenvalue weighted by atomic mass is 9.86. The summed E-state index contributed by atoms with van der Waals surface area (Å²) in [7, 11) is 1.58. The highest BCUT2D eigenvalue weighted by molar-refractivity contribution is 5.97. The van der Waals surface area contributed by atoms with Crippen LogP contribution in [0, 0.1) is 0 Å². The van der Waals surface area contributed by atoms with E-state index in [4.69, 9.17) is 4.42 Å². The molecule has 0 bridgehead atoms. The molecule has 124 valence electrons. The third kappa shape index (κ3) is 2.55. The Kier molecular flexibility index (Phi) is 3.77. The average molecular weight is 320 g/mol. The molecule has 0 spiro atoms. The highest BCUT2D eigenvalue weighted by atomic mass is 16.4. The van der Waals surface area contributed by atoms with Gasteiger partial charge in [-0.1, -0.05) is 6.92 Å². The number of carbonyl (C=O) groups is 1. The van der Waals surface area contributed by atoms with E-state index >= 15 is 0 Å². The number of aromatic nitrogens is 1. The maximum atomic E-state index is 12.6. The molecular weight excluding hydrogens is 300 g/mol. The van der Waals surface area contributed by atoms with Crippen molar-refractivity contribution in [1.82, 2.24) is 9.47 Å². The summed E-state index contributed by atoms with van der Waals surface area (Å²) in [5, 5.41) is 20.4. The quantitative estimate of drug-likeness (QED) is 0.839. The van der Waals surface area contributed by atoms with Crippen molar-refractivity contribution < 1.29 is 19.4 Å². The zero-order chi connectivity index (χ0) is 16.8. The molecule has 2 atom stereocenters. The molecule has 1 aromatic carbocycles. The number of piperidine rings is 1. The van der Waals surface area contributed by atoms with Crippen molar-refractivity contribution >= 4 is 17.0 Å². The molecule has 7 nitrogen and oxygen atoms in total. The number of likely N-dealkylation sites (tertiary alicyclic amines) is 1. The van der Waals surface area contributed by atoms with Gasteiger partial charge in [0.2, 0.25) is 0 Å². The number of amides is 1. The van der Waals surface area contributed by atoms with Crippen molar-refractivity contribution in [3.8, 4) is 0 Å². The van der Waals surface area contributed by atoms with Crippen molar-refractivity contribution in [3.63, 3.8) is 0 Å². The number of carbonyl (C=O) groups excluding carboxylic acids is 1. The maximum Gasteiger partial charge on any atom is 0.419 e. The summed E-state index contributed by atoms with van der Waals surface area (Å²) in [6.45, 7) is 2.28. The van der Waals surface area contributed by atoms with Crippen LogP contribution in [-0.2, 0) is 7.05 Å². The zero-order valence-electron chi connectivity index (χ0n) is 13.2. The normalized spacial score (nSPS) is 25.0. The first-order valence-electron chi connectivity index (χ1n) is 7.65. The van der Waals surface area contributed by atoms with Gasteiger partial charge in [0.25, 0.3) is 5.91 Å². The lowest BCUT2D eigenvalue weighted by Crippen LogP contribution is -2.56. The number of β-amino-alcohol motifs (C(OH)–C–C–N with tert-alkyl or cyclic N) is 1. The Bertz CT molecular complexity index is 808. The summed E-state index contributed by atoms with van der Waals surface area (Å²) in [6, 6.07) is 4.79. The molecule has 0 radical (unpaired) electrons. The van der Waals surface area contributed by atoms with Crippen molar-refractivity contribution in [2.45, 2.75) is 31.5 Å². The van der Waals surface area contributed by atoms with E-state index in [0.717, 1.165) is 0 Å². The zero-order valence-corrected chi connectivity index (χ0v) is 13.2. The van der Waals surface area contributed by atoms with Crippen LogP contribution < -0.4 is 5.76 Å². The number of hydrogen-bond acceptors (Lipinski definition) is 5. The first-order valence-corrected chi connectivity index (χ1v) is 7.65. The van der Waals surface area contributed by atoms with Gasteiger partial charge in [-0.25, -0.2) is 4.79 Å². The number of nitrogens with zero attached hydrogens (tertiary/aromatic N) is 2. The minimum absolute atomic E-state index is 0.0888. The summed E-state index contributed by atoms with van der Waals surface area (Å²) in [5.41, 5.74) is 0.259. The second kappa shape index (κ2) is 5.50. The topological polar surface area (TPSA) is 95.9 Å². The van der Waals surface area contributed by atoms with Crippen LogP contribution in [0.15, 0.2) is 27.4 Å². The Hall–Kier alpha value is -2.12. The molecule has 3 rings (SSSR count). The van der Waals surface area contributed by atoms with E-state index in [2.05, 4.69) is 0 Å². The van der Waals surface area contributed by atoms with Crippen LogP contribution in [0.3, 0.4) is 0 Å². The van der Waals surface area contributed by atoms with Gasteiger partial charge in [-0.05, 0) is 31.0 Å². The second-order valence-electron chi connectivity index (χ2n) is 6.08. The van der Waals surface area contributed by atoms with Gasteiger partial charge < -0.3 is 19.5 Å². The Morgan fingerprint density at radius 2 is 2.22 bits per heavy atom. The fourth-order valence-electron chi connectivity index (χ4n) is 3.00. The minimum atomic E-state index is -1.13. The number of oxazole rings is 1. The predicted octanol–water partition coefficient (Wildman–Crippen LogP) is 0.479. The van der Waals surface area contributed by atoms with Crippen molar-refractivity contribution in [3.05, 3.63) is 34.3 Å². The number of aliphatic hydroxyl groups is 2. The number of rotatable bonds is 2. The number of fused-ring (bicyclic) bond motifs is 1. The van der Waals surface area contributed by atoms with Gasteiger partial charge in [-0.3, -0.25) is 9.36 Å². The number of benzene rings is 1. The Morgan fingerprint density at radius 3 is 2.87 bits per heavy atom. The molecule has 2 heterocycles. The Balaban J connectivity index is 1.86. The van der Waals surface area contributed by atoms with Gasteiger partial charge in [0.05, 0.1) is 11.1 Å². The van der Waals surface area contributed by atoms with Gasteiger partial charge in [-0.2, -0.15) is 0 Å². The molecule has 0 unspecified atom stereocenters. The van der Waals surface area contributed by atoms with Crippen molar-refractivity contribution in [2.75, 3.05) is 13.1 Å². The molecule has 1 aliphatic rings. The van der Waals surface area contributed by atoms with E-state index < -0.39 is 17.5 Å². The monoisotopic (exact) mass is 320 g/mol. The predicted molar refractivity (Wildman–Crippen MR) is 83.2 cm³/mol. The summed E-state index contributed by atoms with van der Waals surface area (Å²) < 4.78 is 6.39. The minimum Gasteiger partial charge on any atom is -0.408 e. The molecule has 0 aliphatic carbocycles. The lowest BCUT2D eigenvalue weighted by Gasteiger charge is -2.41. The molecule has 0 saturated carbocycles. The summed E-state index contributed by atoms with van der Waals surface area (Å²) in [5.74, 6) is -0.719. The maximum absolute atomic E-state index is 12.6. The van der Waals surface area contributed by atoms with Gasteiger partial charge >= 0.3 is 5.76 Å². The molecule has 2 N–H and O–H groups in total. The third-order valence-electron chi connectivity index (χ3n) is 4.77. The fourth-order valence-corrected chi connectivity index (χ4v) is 3.00. The SMILES string of the molecule is CC[C@]1(O)CCN(C(=O)c2ccc3oc(=O)n(C)c3c2)C[C@@H]1O. The van der Waals surface area contributed by atoms with E-state index in [9.17, 15) is 19.8 Å². The fraction of sp³-hybridized carbons (Fsp3) is 0.500. The Labute approximate surface area is 132 Å². The van der Waals surface area contributed by atoms with E-state index in [1.165, 1.54) is 9.47 Å². The molecular formula is C16H20N2O5. The van der Waals surface area contributed by atoms with Crippen LogP contribution in [0.5, 0.6) is 0 Å². The molecule has 23 heavy (non-hydrogen) atoms. The molecule has 1 fully saturated rings. The second-order valence-corrected chi connectivity index (χ2v) is 6.08. The number of hydrogen-bond donors (Lipinski definition) is 2. The highest BCUT2D eigenvalue weighted by Gasteiger charge is 2.40. The lowest BCUT2D eigenvalue weighted by molar-refractivity contribution is -0.114. The molecule has 1 aromatic heterocycles. The van der Waals surface area contributed by atoms with Crippen molar-refractivity contribution in [2.24, 2.45) is 7.05 Å². The molecule has 7 heteroatoms. The van der Waals surface area contributed by atoms with Crippen LogP contribution in [0.4, 0.5) is 0 Å². The van der Waals surface area contributed by atoms with Crippen LogP contribution >= 0.6 is 0 Å². The standard InChI is InChI=1S/C16H20N2O5/c1-3-16(22)6-7-18(9-13(16)19)14(20)10-4-5-12-11(8-10)17(2)15(21)23-12/h4-5,8,13,19,22H,3,6-7,9H2,1-2H3/t13-,16-/m0/s1. The van der Waals surface area contributed by atoms with Crippen LogP contribution in [0.25, 0.3) is 11.1 Å². The number of aliphatic hydroxyl groups excluding tert-OH is 1. The first-order chi connectivity index (χ1) is 10.9. The average Bonchev–Trinajstić information content (AvgIpc) is 2.83. The molecule has 1 amide bonds. The van der Waals surface area contributed by atoms with E-state index in [0.29, 0.717) is 36.0 Å². The van der Waals surface area contributed by atoms with Gasteiger partial charge in [0.15, 0.2) is 5.58 Å². The molecule has 1 aliphatic heterocycles. The van der Waals surface area contributed by atoms with E-state index in [1.807, 2.05) is 6.92 Å². The van der Waals surface area contributed by atoms with Crippen molar-refractivity contribution in [1.29, 1.82) is 0 Å². The van der Waals surface area contributed by atoms with Gasteiger partial charge in [0, 0.05) is 25.7 Å². The molecule has 2 aromatic rings. The number of aryl methyl sites for hydroxylation is 1. The van der Waals surface area contributed by atoms with Crippen LogP contribution in [0.1, 0.15) is 30.1 Å². The van der Waals surface area contributed by atoms with E-state index in [1.54, 1.807) is 25.2 Å². The molecule has 1 saturated heterocycles.